The minimum Gasteiger partial charge on any atom is -0.489 e. The summed E-state index contributed by atoms with van der Waals surface area (Å²) in [7, 11) is 0. The molecular formula is C31H28Cl2F5N7O4. The van der Waals surface area contributed by atoms with E-state index in [1.54, 1.807) is 33.8 Å². The average molecular weight is 729 g/mol. The van der Waals surface area contributed by atoms with Gasteiger partial charge >= 0.3 is 12.6 Å². The molecule has 1 N–H and O–H groups in total. The van der Waals surface area contributed by atoms with Gasteiger partial charge in [-0.25, -0.2) is 32.7 Å². The van der Waals surface area contributed by atoms with Gasteiger partial charge in [-0.3, -0.25) is 9.69 Å². The van der Waals surface area contributed by atoms with Crippen LogP contribution in [0.25, 0.3) is 33.3 Å². The van der Waals surface area contributed by atoms with Crippen LogP contribution in [0.2, 0.25) is 5.02 Å². The van der Waals surface area contributed by atoms with Crippen LogP contribution in [0.1, 0.15) is 58.3 Å². The summed E-state index contributed by atoms with van der Waals surface area (Å²) >= 11 is 12.3. The van der Waals surface area contributed by atoms with Crippen LogP contribution in [-0.2, 0) is 10.6 Å². The van der Waals surface area contributed by atoms with Crippen molar-refractivity contribution < 1.29 is 36.2 Å². The van der Waals surface area contributed by atoms with Crippen LogP contribution in [0.4, 0.5) is 32.6 Å². The lowest BCUT2D eigenvalue weighted by Gasteiger charge is -2.30. The summed E-state index contributed by atoms with van der Waals surface area (Å²) in [6.07, 6.45) is -3.41. The topological polar surface area (TPSA) is 139 Å². The van der Waals surface area contributed by atoms with Crippen LogP contribution in [0.5, 0.6) is 5.75 Å². The van der Waals surface area contributed by atoms with E-state index in [-0.39, 0.29) is 44.8 Å². The number of nitrogens with one attached hydrogen (secondary N) is 1. The Morgan fingerprint density at radius 3 is 2.51 bits per heavy atom. The molecule has 5 rings (SSSR count). The maximum atomic E-state index is 15.9. The van der Waals surface area contributed by atoms with Crippen molar-refractivity contribution in [2.75, 3.05) is 11.4 Å². The smallest absolute Gasteiger partial charge is 0.415 e. The molecular weight excluding hydrogens is 700 g/mol. The van der Waals surface area contributed by atoms with Gasteiger partial charge in [0.2, 0.25) is 0 Å². The van der Waals surface area contributed by atoms with E-state index in [0.29, 0.717) is 17.7 Å². The molecule has 0 aliphatic heterocycles. The summed E-state index contributed by atoms with van der Waals surface area (Å²) in [5.41, 5.74) is -4.16. The predicted octanol–water partition coefficient (Wildman–Crippen LogP) is 7.83. The first-order valence-electron chi connectivity index (χ1n) is 14.8. The molecule has 0 spiro atoms. The molecule has 4 aromatic rings. The molecule has 1 aromatic carbocycles. The molecule has 1 fully saturated rings. The molecule has 260 valence electrons. The standard InChI is InChI=1S/C31H28Cl2F5N7O4/c1-13(31(2,3)4)48-30(47)44(12-22(34)35)27-24-15(20(9-32)42-43-28(24)46)7-19(41-27)17-11-40-45(29(37)38)26(17)23-16(10-39)21(49-14-5-6-14)8-18(33)25(23)36/h7-8,11,13-14,22,29H,5-6,9,12H2,1-4H3,(H,43,46). The number of rotatable bonds is 10. The molecule has 3 aromatic heterocycles. The first-order valence-corrected chi connectivity index (χ1v) is 15.7. The number of aromatic nitrogens is 5. The van der Waals surface area contributed by atoms with Gasteiger partial charge in [-0.2, -0.15) is 24.2 Å². The lowest BCUT2D eigenvalue weighted by Crippen LogP contribution is -2.41. The molecule has 1 saturated carbocycles. The van der Waals surface area contributed by atoms with E-state index in [4.69, 9.17) is 32.7 Å². The van der Waals surface area contributed by atoms with E-state index >= 15 is 4.39 Å². The summed E-state index contributed by atoms with van der Waals surface area (Å²) in [5, 5.41) is 18.9. The third kappa shape index (κ3) is 7.13. The lowest BCUT2D eigenvalue weighted by atomic mass is 9.90. The van der Waals surface area contributed by atoms with Crippen molar-refractivity contribution in [3.05, 3.63) is 50.8 Å². The van der Waals surface area contributed by atoms with Crippen LogP contribution in [0.15, 0.2) is 23.1 Å². The van der Waals surface area contributed by atoms with Crippen LogP contribution in [-0.4, -0.2) is 56.2 Å². The molecule has 0 radical (unpaired) electrons. The van der Waals surface area contributed by atoms with Gasteiger partial charge in [0.05, 0.1) is 57.8 Å². The zero-order valence-corrected chi connectivity index (χ0v) is 27.8. The molecule has 18 heteroatoms. The number of nitrogens with zero attached hydrogens (tertiary/aromatic N) is 6. The van der Waals surface area contributed by atoms with Gasteiger partial charge in [-0.05, 0) is 31.2 Å². The Hall–Kier alpha value is -4.49. The quantitative estimate of drug-likeness (QED) is 0.129. The SMILES string of the molecule is CC(OC(=O)N(CC(F)F)c1nc(-c2cnn(C(F)F)c2-c2c(F)c(Cl)cc(OC3CC3)c2C#N)cc2c(CCl)n[nH]c(=O)c12)C(C)(C)C. The number of fused-ring (bicyclic) bond motifs is 1. The van der Waals surface area contributed by atoms with Gasteiger partial charge in [0.25, 0.3) is 12.0 Å². The Morgan fingerprint density at radius 1 is 1.24 bits per heavy atom. The molecule has 11 nitrogen and oxygen atoms in total. The van der Waals surface area contributed by atoms with Crippen molar-refractivity contribution in [2.45, 2.75) is 71.6 Å². The highest BCUT2D eigenvalue weighted by molar-refractivity contribution is 6.31. The number of anilines is 1. The second-order valence-electron chi connectivity index (χ2n) is 12.3. The monoisotopic (exact) mass is 727 g/mol. The molecule has 0 bridgehead atoms. The highest BCUT2D eigenvalue weighted by atomic mass is 35.5. The molecule has 1 atom stereocenters. The van der Waals surface area contributed by atoms with Crippen molar-refractivity contribution in [2.24, 2.45) is 5.41 Å². The van der Waals surface area contributed by atoms with Gasteiger partial charge in [0.15, 0.2) is 11.6 Å². The summed E-state index contributed by atoms with van der Waals surface area (Å²) in [4.78, 5) is 31.5. The number of carbonyl (C=O) groups is 1. The number of pyridine rings is 1. The number of H-pyrrole nitrogens is 1. The molecule has 49 heavy (non-hydrogen) atoms. The van der Waals surface area contributed by atoms with E-state index < -0.39 is 81.6 Å². The molecule has 1 aliphatic carbocycles. The molecule has 1 amide bonds. The van der Waals surface area contributed by atoms with E-state index in [1.165, 1.54) is 6.07 Å². The summed E-state index contributed by atoms with van der Waals surface area (Å²) in [5.74, 6) is -2.42. The molecule has 3 heterocycles. The maximum absolute atomic E-state index is 15.9. The average Bonchev–Trinajstić information content (AvgIpc) is 3.74. The fourth-order valence-corrected chi connectivity index (χ4v) is 5.17. The third-order valence-corrected chi connectivity index (χ3v) is 8.39. The number of alkyl halides is 5. The number of amides is 1. The number of nitriles is 1. The largest absolute Gasteiger partial charge is 0.489 e. The second kappa shape index (κ2) is 13.8. The number of hydrogen-bond donors (Lipinski definition) is 1. The first kappa shape index (κ1) is 35.8. The third-order valence-electron chi connectivity index (χ3n) is 7.86. The number of aromatic amines is 1. The van der Waals surface area contributed by atoms with Gasteiger partial charge in [-0.15, -0.1) is 11.6 Å². The Kier molecular flexibility index (Phi) is 10.1. The Morgan fingerprint density at radius 2 is 1.94 bits per heavy atom. The maximum Gasteiger partial charge on any atom is 0.415 e. The van der Waals surface area contributed by atoms with Gasteiger partial charge in [-0.1, -0.05) is 32.4 Å². The van der Waals surface area contributed by atoms with Crippen molar-refractivity contribution in [1.29, 1.82) is 5.26 Å². The number of benzene rings is 1. The summed E-state index contributed by atoms with van der Waals surface area (Å²) in [6.45, 7) is 2.08. The minimum absolute atomic E-state index is 0.0100. The van der Waals surface area contributed by atoms with Crippen LogP contribution < -0.4 is 15.2 Å². The molecule has 1 aliphatic rings. The van der Waals surface area contributed by atoms with Crippen LogP contribution >= 0.6 is 23.2 Å². The van der Waals surface area contributed by atoms with E-state index in [9.17, 15) is 32.4 Å². The fraction of sp³-hybridized carbons (Fsp3) is 0.419. The summed E-state index contributed by atoms with van der Waals surface area (Å²) in [6, 6.07) is 4.03. The zero-order valence-electron chi connectivity index (χ0n) is 26.3. The molecule has 0 saturated heterocycles. The van der Waals surface area contributed by atoms with E-state index in [0.717, 1.165) is 12.3 Å². The molecule has 1 unspecified atom stereocenters. The van der Waals surface area contributed by atoms with E-state index in [2.05, 4.69) is 20.3 Å². The first-order chi connectivity index (χ1) is 23.1. The van der Waals surface area contributed by atoms with E-state index in [1.807, 2.05) is 0 Å². The Bertz CT molecular complexity index is 2020. The van der Waals surface area contributed by atoms with Gasteiger partial charge in [0.1, 0.15) is 23.5 Å². The highest BCUT2D eigenvalue weighted by Gasteiger charge is 2.34. The highest BCUT2D eigenvalue weighted by Crippen LogP contribution is 2.44. The van der Waals surface area contributed by atoms with Crippen LogP contribution in [0, 0.1) is 22.6 Å². The number of halogens is 7. The number of ether oxygens (including phenoxy) is 2. The van der Waals surface area contributed by atoms with Crippen molar-refractivity contribution in [3.8, 4) is 34.3 Å². The van der Waals surface area contributed by atoms with Crippen molar-refractivity contribution in [1.82, 2.24) is 25.0 Å². The Labute approximate surface area is 285 Å². The van der Waals surface area contributed by atoms with Crippen molar-refractivity contribution >= 4 is 45.9 Å². The lowest BCUT2D eigenvalue weighted by molar-refractivity contribution is 0.0455. The number of carbonyl (C=O) groups excluding carboxylic acids is 1. The zero-order chi connectivity index (χ0) is 35.9. The minimum atomic E-state index is -3.39. The van der Waals surface area contributed by atoms with Gasteiger partial charge in [0, 0.05) is 17.0 Å². The Balaban J connectivity index is 1.85. The van der Waals surface area contributed by atoms with Crippen molar-refractivity contribution in [3.63, 3.8) is 0 Å². The normalized spacial score (nSPS) is 14.0. The number of hydrogen-bond acceptors (Lipinski definition) is 8. The summed E-state index contributed by atoms with van der Waals surface area (Å²) < 4.78 is 84.4. The van der Waals surface area contributed by atoms with Crippen LogP contribution in [0.3, 0.4) is 0 Å². The predicted molar refractivity (Wildman–Crippen MR) is 170 cm³/mol. The second-order valence-corrected chi connectivity index (χ2v) is 12.9. The fourth-order valence-electron chi connectivity index (χ4n) is 4.77. The van der Waals surface area contributed by atoms with Gasteiger partial charge < -0.3 is 9.47 Å².